The van der Waals surface area contributed by atoms with Gasteiger partial charge in [-0.1, -0.05) is 32.0 Å². The second-order valence-corrected chi connectivity index (χ2v) is 6.71. The minimum absolute atomic E-state index is 0.104. The number of rotatable bonds is 7. The minimum atomic E-state index is 0.104. The molecule has 3 heteroatoms. The maximum atomic E-state index is 9.11. The topological polar surface area (TPSA) is 41.5 Å². The number of ether oxygens (including phenoxy) is 1. The molecule has 2 aromatic rings. The van der Waals surface area contributed by atoms with Crippen LogP contribution < -0.4 is 10.1 Å². The molecule has 0 aliphatic rings. The van der Waals surface area contributed by atoms with Crippen molar-refractivity contribution < 1.29 is 9.84 Å². The number of aliphatic hydroxyl groups excluding tert-OH is 1. The Morgan fingerprint density at radius 1 is 1.14 bits per heavy atom. The monoisotopic (exact) mass is 301 g/mol. The van der Waals surface area contributed by atoms with E-state index in [9.17, 15) is 0 Å². The molecular weight excluding hydrogens is 274 g/mol. The van der Waals surface area contributed by atoms with Gasteiger partial charge in [-0.2, -0.15) is 0 Å². The molecule has 0 aromatic heterocycles. The van der Waals surface area contributed by atoms with E-state index in [1.54, 1.807) is 7.11 Å². The number of hydrogen-bond donors (Lipinski definition) is 2. The smallest absolute Gasteiger partial charge is 0.119 e. The molecule has 0 fully saturated rings. The van der Waals surface area contributed by atoms with Gasteiger partial charge in [-0.15, -0.1) is 0 Å². The van der Waals surface area contributed by atoms with Gasteiger partial charge in [-0.3, -0.25) is 0 Å². The van der Waals surface area contributed by atoms with Gasteiger partial charge in [0, 0.05) is 19.2 Å². The Bertz CT molecular complexity index is 622. The molecule has 120 valence electrons. The normalized spacial score (nSPS) is 13.3. The number of methoxy groups -OCH3 is 1. The summed E-state index contributed by atoms with van der Waals surface area (Å²) in [5.41, 5.74) is 1.38. The van der Waals surface area contributed by atoms with Crippen molar-refractivity contribution in [1.29, 1.82) is 0 Å². The summed E-state index contributed by atoms with van der Waals surface area (Å²) >= 11 is 0. The molecule has 2 N–H and O–H groups in total. The summed E-state index contributed by atoms with van der Waals surface area (Å²) in [5.74, 6) is 0.886. The Balaban J connectivity index is 2.10. The lowest BCUT2D eigenvalue weighted by Crippen LogP contribution is -2.32. The van der Waals surface area contributed by atoms with Crippen molar-refractivity contribution in [3.05, 3.63) is 42.0 Å². The lowest BCUT2D eigenvalue weighted by atomic mass is 9.89. The minimum Gasteiger partial charge on any atom is -0.497 e. The Morgan fingerprint density at radius 2 is 1.82 bits per heavy atom. The van der Waals surface area contributed by atoms with Crippen LogP contribution in [-0.2, 0) is 0 Å². The Morgan fingerprint density at radius 3 is 2.50 bits per heavy atom. The van der Waals surface area contributed by atoms with Gasteiger partial charge in [-0.05, 0) is 53.3 Å². The molecular formula is C19H27NO2. The van der Waals surface area contributed by atoms with Gasteiger partial charge < -0.3 is 15.2 Å². The summed E-state index contributed by atoms with van der Waals surface area (Å²) in [6, 6.07) is 13.0. The number of nitrogens with one attached hydrogen (secondary N) is 1. The largest absolute Gasteiger partial charge is 0.497 e. The molecule has 0 saturated heterocycles. The van der Waals surface area contributed by atoms with Crippen LogP contribution in [0.4, 0.5) is 0 Å². The van der Waals surface area contributed by atoms with E-state index in [-0.39, 0.29) is 18.1 Å². The Labute approximate surface area is 133 Å². The van der Waals surface area contributed by atoms with Crippen LogP contribution in [0.25, 0.3) is 10.8 Å². The first-order valence-electron chi connectivity index (χ1n) is 7.87. The number of benzene rings is 2. The fourth-order valence-corrected chi connectivity index (χ4v) is 2.58. The van der Waals surface area contributed by atoms with E-state index in [0.29, 0.717) is 0 Å². The van der Waals surface area contributed by atoms with Crippen molar-refractivity contribution in [2.45, 2.75) is 33.2 Å². The van der Waals surface area contributed by atoms with E-state index < -0.39 is 0 Å². The molecule has 0 heterocycles. The molecule has 3 nitrogen and oxygen atoms in total. The first kappa shape index (κ1) is 16.8. The second-order valence-electron chi connectivity index (χ2n) is 6.71. The van der Waals surface area contributed by atoms with Crippen LogP contribution in [-0.4, -0.2) is 25.4 Å². The zero-order valence-electron chi connectivity index (χ0n) is 14.0. The molecule has 22 heavy (non-hydrogen) atoms. The molecule has 0 spiro atoms. The second kappa shape index (κ2) is 7.12. The number of hydrogen-bond acceptors (Lipinski definition) is 3. The van der Waals surface area contributed by atoms with Gasteiger partial charge >= 0.3 is 0 Å². The van der Waals surface area contributed by atoms with E-state index in [2.05, 4.69) is 56.4 Å². The van der Waals surface area contributed by atoms with E-state index in [4.69, 9.17) is 9.84 Å². The predicted molar refractivity (Wildman–Crippen MR) is 92.4 cm³/mol. The average molecular weight is 301 g/mol. The average Bonchev–Trinajstić information content (AvgIpc) is 2.51. The first-order chi connectivity index (χ1) is 10.4. The van der Waals surface area contributed by atoms with Gasteiger partial charge in [0.15, 0.2) is 0 Å². The van der Waals surface area contributed by atoms with Crippen molar-refractivity contribution in [3.63, 3.8) is 0 Å². The standard InChI is InChI=1S/C19H27NO2/c1-14(20-13-19(2,3)9-10-21)15-5-6-17-12-18(22-4)8-7-16(17)11-15/h5-8,11-12,14,20-21H,9-10,13H2,1-4H3. The van der Waals surface area contributed by atoms with Gasteiger partial charge in [0.2, 0.25) is 0 Å². The maximum absolute atomic E-state index is 9.11. The third-order valence-electron chi connectivity index (χ3n) is 4.25. The summed E-state index contributed by atoms with van der Waals surface area (Å²) in [4.78, 5) is 0. The van der Waals surface area contributed by atoms with Crippen LogP contribution in [0.1, 0.15) is 38.8 Å². The van der Waals surface area contributed by atoms with Crippen LogP contribution in [0.15, 0.2) is 36.4 Å². The Hall–Kier alpha value is -1.58. The van der Waals surface area contributed by atoms with Crippen molar-refractivity contribution in [1.82, 2.24) is 5.32 Å². The highest BCUT2D eigenvalue weighted by Gasteiger charge is 2.18. The molecule has 1 unspecified atom stereocenters. The van der Waals surface area contributed by atoms with Gasteiger partial charge in [-0.25, -0.2) is 0 Å². The van der Waals surface area contributed by atoms with E-state index in [0.717, 1.165) is 18.7 Å². The molecule has 2 rings (SSSR count). The van der Waals surface area contributed by atoms with Gasteiger partial charge in [0.25, 0.3) is 0 Å². The molecule has 0 amide bonds. The third-order valence-corrected chi connectivity index (χ3v) is 4.25. The molecule has 1 atom stereocenters. The maximum Gasteiger partial charge on any atom is 0.119 e. The molecule has 0 bridgehead atoms. The summed E-state index contributed by atoms with van der Waals surface area (Å²) in [5, 5.41) is 15.1. The van der Waals surface area contributed by atoms with Crippen molar-refractivity contribution >= 4 is 10.8 Å². The molecule has 0 aliphatic heterocycles. The quantitative estimate of drug-likeness (QED) is 0.815. The fourth-order valence-electron chi connectivity index (χ4n) is 2.58. The van der Waals surface area contributed by atoms with Crippen LogP contribution in [0.2, 0.25) is 0 Å². The lowest BCUT2D eigenvalue weighted by Gasteiger charge is -2.26. The first-order valence-corrected chi connectivity index (χ1v) is 7.87. The lowest BCUT2D eigenvalue weighted by molar-refractivity contribution is 0.204. The highest BCUT2D eigenvalue weighted by molar-refractivity contribution is 5.84. The SMILES string of the molecule is COc1ccc2cc(C(C)NCC(C)(C)CCO)ccc2c1. The predicted octanol–water partition coefficient (Wildman–Crippen LogP) is 3.91. The van der Waals surface area contributed by atoms with Crippen LogP contribution in [0, 0.1) is 5.41 Å². The van der Waals surface area contributed by atoms with E-state index in [1.165, 1.54) is 16.3 Å². The number of fused-ring (bicyclic) bond motifs is 1. The zero-order valence-corrected chi connectivity index (χ0v) is 14.0. The summed E-state index contributed by atoms with van der Waals surface area (Å²) in [6.45, 7) is 7.65. The zero-order chi connectivity index (χ0) is 16.2. The molecule has 2 aromatic carbocycles. The van der Waals surface area contributed by atoms with Crippen LogP contribution in [0.3, 0.4) is 0 Å². The molecule has 0 saturated carbocycles. The Kier molecular flexibility index (Phi) is 5.43. The number of aliphatic hydroxyl groups is 1. The highest BCUT2D eigenvalue weighted by atomic mass is 16.5. The van der Waals surface area contributed by atoms with E-state index >= 15 is 0 Å². The van der Waals surface area contributed by atoms with Crippen molar-refractivity contribution in [3.8, 4) is 5.75 Å². The molecule has 0 aliphatic carbocycles. The summed E-state index contributed by atoms with van der Waals surface area (Å²) in [7, 11) is 1.69. The summed E-state index contributed by atoms with van der Waals surface area (Å²) in [6.07, 6.45) is 0.810. The molecule has 0 radical (unpaired) electrons. The highest BCUT2D eigenvalue weighted by Crippen LogP contribution is 2.25. The van der Waals surface area contributed by atoms with E-state index in [1.807, 2.05) is 6.07 Å². The fraction of sp³-hybridized carbons (Fsp3) is 0.474. The van der Waals surface area contributed by atoms with Crippen LogP contribution in [0.5, 0.6) is 5.75 Å². The van der Waals surface area contributed by atoms with Crippen molar-refractivity contribution in [2.24, 2.45) is 5.41 Å². The van der Waals surface area contributed by atoms with Gasteiger partial charge in [0.05, 0.1) is 7.11 Å². The van der Waals surface area contributed by atoms with Gasteiger partial charge in [0.1, 0.15) is 5.75 Å². The third kappa shape index (κ3) is 4.21. The van der Waals surface area contributed by atoms with Crippen molar-refractivity contribution in [2.75, 3.05) is 20.3 Å². The van der Waals surface area contributed by atoms with Crippen LogP contribution >= 0.6 is 0 Å². The summed E-state index contributed by atoms with van der Waals surface area (Å²) < 4.78 is 5.27.